The number of nitrogen functional groups attached to an aromatic ring is 1. The highest BCUT2D eigenvalue weighted by molar-refractivity contribution is 6.02. The molecule has 21 heteroatoms. The van der Waals surface area contributed by atoms with Crippen molar-refractivity contribution in [3.8, 4) is 34.5 Å². The first-order valence-corrected chi connectivity index (χ1v) is 19.9. The number of aliphatic hydroxyl groups excluding tert-OH is 1. The molecule has 0 saturated heterocycles. The lowest BCUT2D eigenvalue weighted by atomic mass is 9.83. The number of hydrogen-bond donors (Lipinski definition) is 3. The van der Waals surface area contributed by atoms with Crippen molar-refractivity contribution in [2.24, 2.45) is 0 Å². The Labute approximate surface area is 386 Å². The van der Waals surface area contributed by atoms with Crippen LogP contribution in [0.25, 0.3) is 12.2 Å². The molecule has 0 aliphatic heterocycles. The Kier molecular flexibility index (Phi) is 16.9. The molecule has 364 valence electrons. The van der Waals surface area contributed by atoms with Crippen molar-refractivity contribution in [2.45, 2.75) is 49.6 Å². The van der Waals surface area contributed by atoms with E-state index in [0.717, 1.165) is 60.7 Å². The number of alkyl halides is 8. The van der Waals surface area contributed by atoms with Gasteiger partial charge in [0.05, 0.1) is 25.3 Å². The monoisotopic (exact) mass is 973 g/mol. The fraction of sp³-hybridized carbons (Fsp3) is 0.208. The highest BCUT2D eigenvalue weighted by Gasteiger charge is 2.45. The fourth-order valence-electron chi connectivity index (χ4n) is 6.05. The SMILES string of the molecule is COc1cc(/C=C/C(=O)C(O)CC(O)(Cc2ccc(N)cc2)C(=O)/C=C/c2ccc(OC(=O)c3ccc(OC(F)(F)C(F)F)cc3)c(OC)c2)ccc1OC(=O)c1ccc(OC(F)(F)C(F)F)cc1. The number of aliphatic hydroxyl groups is 2. The Hall–Kier alpha value is -7.78. The summed E-state index contributed by atoms with van der Waals surface area (Å²) in [6.45, 7) is 0. The number of nitrogens with two attached hydrogens (primary N) is 1. The molecule has 2 unspecified atom stereocenters. The minimum Gasteiger partial charge on any atom is -0.493 e. The molecule has 0 aliphatic rings. The molecule has 0 amide bonds. The van der Waals surface area contributed by atoms with Crippen LogP contribution in [0.5, 0.6) is 34.5 Å². The lowest BCUT2D eigenvalue weighted by molar-refractivity contribution is -0.253. The maximum Gasteiger partial charge on any atom is 0.461 e. The molecule has 0 fully saturated rings. The maximum absolute atomic E-state index is 13.8. The first-order valence-electron chi connectivity index (χ1n) is 19.9. The van der Waals surface area contributed by atoms with Crippen LogP contribution >= 0.6 is 0 Å². The van der Waals surface area contributed by atoms with Gasteiger partial charge in [0.15, 0.2) is 34.6 Å². The molecule has 0 aliphatic carbocycles. The summed E-state index contributed by atoms with van der Waals surface area (Å²) in [5.74, 6) is -5.37. The minimum atomic E-state index is -4.76. The predicted molar refractivity (Wildman–Crippen MR) is 230 cm³/mol. The van der Waals surface area contributed by atoms with Crippen LogP contribution in [0.1, 0.15) is 43.8 Å². The third kappa shape index (κ3) is 14.1. The van der Waals surface area contributed by atoms with E-state index in [9.17, 15) is 64.5 Å². The summed E-state index contributed by atoms with van der Waals surface area (Å²) in [6.07, 6.45) is -16.3. The Morgan fingerprint density at radius 3 is 1.43 bits per heavy atom. The van der Waals surface area contributed by atoms with E-state index in [4.69, 9.17) is 24.7 Å². The van der Waals surface area contributed by atoms with Crippen molar-refractivity contribution < 1.29 is 92.9 Å². The number of benzene rings is 5. The molecule has 0 heterocycles. The molecule has 0 radical (unpaired) electrons. The average molecular weight is 974 g/mol. The number of anilines is 1. The zero-order valence-electron chi connectivity index (χ0n) is 35.9. The van der Waals surface area contributed by atoms with E-state index in [1.807, 2.05) is 0 Å². The van der Waals surface area contributed by atoms with Crippen molar-refractivity contribution in [2.75, 3.05) is 20.0 Å². The van der Waals surface area contributed by atoms with Crippen molar-refractivity contribution in [1.82, 2.24) is 0 Å². The molecule has 69 heavy (non-hydrogen) atoms. The smallest absolute Gasteiger partial charge is 0.461 e. The van der Waals surface area contributed by atoms with Gasteiger partial charge in [0.1, 0.15) is 23.2 Å². The van der Waals surface area contributed by atoms with Gasteiger partial charge in [-0.2, -0.15) is 35.1 Å². The largest absolute Gasteiger partial charge is 0.493 e. The number of ether oxygens (including phenoxy) is 6. The molecule has 4 N–H and O–H groups in total. The van der Waals surface area contributed by atoms with Gasteiger partial charge >= 0.3 is 37.0 Å². The van der Waals surface area contributed by atoms with Gasteiger partial charge in [0.25, 0.3) is 0 Å². The average Bonchev–Trinajstić information content (AvgIpc) is 3.31. The normalized spacial score (nSPS) is 13.2. The summed E-state index contributed by atoms with van der Waals surface area (Å²) >= 11 is 0. The second kappa shape index (κ2) is 22.3. The molecule has 0 bridgehead atoms. The van der Waals surface area contributed by atoms with Gasteiger partial charge in [0.2, 0.25) is 0 Å². The molecular weight excluding hydrogens is 935 g/mol. The van der Waals surface area contributed by atoms with Gasteiger partial charge in [-0.1, -0.05) is 36.4 Å². The molecule has 0 aromatic heterocycles. The van der Waals surface area contributed by atoms with Crippen molar-refractivity contribution >= 4 is 41.3 Å². The van der Waals surface area contributed by atoms with Crippen LogP contribution in [0.15, 0.2) is 121 Å². The molecule has 0 spiro atoms. The summed E-state index contributed by atoms with van der Waals surface area (Å²) in [4.78, 5) is 52.5. The van der Waals surface area contributed by atoms with Crippen LogP contribution < -0.4 is 34.2 Å². The predicted octanol–water partition coefficient (Wildman–Crippen LogP) is 8.79. The van der Waals surface area contributed by atoms with E-state index in [2.05, 4.69) is 9.47 Å². The van der Waals surface area contributed by atoms with Crippen LogP contribution in [0.3, 0.4) is 0 Å². The Bertz CT molecular complexity index is 2680. The second-order valence-electron chi connectivity index (χ2n) is 14.7. The van der Waals surface area contributed by atoms with Gasteiger partial charge in [0, 0.05) is 18.5 Å². The Morgan fingerprint density at radius 1 is 0.609 bits per heavy atom. The summed E-state index contributed by atoms with van der Waals surface area (Å²) in [5, 5.41) is 22.8. The van der Waals surface area contributed by atoms with Crippen LogP contribution in [0.2, 0.25) is 0 Å². The number of hydrogen-bond acceptors (Lipinski definition) is 13. The zero-order chi connectivity index (χ0) is 50.7. The highest BCUT2D eigenvalue weighted by Crippen LogP contribution is 2.33. The minimum absolute atomic E-state index is 0.0121. The summed E-state index contributed by atoms with van der Waals surface area (Å²) < 4.78 is 132. The summed E-state index contributed by atoms with van der Waals surface area (Å²) in [6, 6.07) is 21.7. The van der Waals surface area contributed by atoms with Crippen LogP contribution in [-0.4, -0.2) is 84.7 Å². The van der Waals surface area contributed by atoms with Gasteiger partial charge in [-0.3, -0.25) is 9.59 Å². The van der Waals surface area contributed by atoms with Crippen molar-refractivity contribution in [3.05, 3.63) is 149 Å². The Balaban J connectivity index is 1.26. The van der Waals surface area contributed by atoms with Gasteiger partial charge in [-0.25, -0.2) is 9.59 Å². The van der Waals surface area contributed by atoms with E-state index in [1.165, 1.54) is 87.0 Å². The first-order chi connectivity index (χ1) is 32.5. The molecule has 0 saturated carbocycles. The number of rotatable bonds is 22. The number of halogens is 8. The summed E-state index contributed by atoms with van der Waals surface area (Å²) in [7, 11) is 2.48. The van der Waals surface area contributed by atoms with E-state index in [1.54, 1.807) is 0 Å². The van der Waals surface area contributed by atoms with E-state index in [0.29, 0.717) is 16.8 Å². The second-order valence-corrected chi connectivity index (χ2v) is 14.7. The number of methoxy groups -OCH3 is 2. The highest BCUT2D eigenvalue weighted by atomic mass is 19.3. The quantitative estimate of drug-likeness (QED) is 0.0196. The number of ketones is 2. The Morgan fingerprint density at radius 2 is 1.03 bits per heavy atom. The lowest BCUT2D eigenvalue weighted by Crippen LogP contribution is -2.44. The number of esters is 2. The van der Waals surface area contributed by atoms with Gasteiger partial charge < -0.3 is 44.4 Å². The topological polar surface area (TPSA) is 190 Å². The molecular formula is C48H39F8NO12. The first kappa shape index (κ1) is 52.2. The molecule has 5 aromatic rings. The van der Waals surface area contributed by atoms with E-state index >= 15 is 0 Å². The molecule has 5 aromatic carbocycles. The fourth-order valence-corrected chi connectivity index (χ4v) is 6.05. The van der Waals surface area contributed by atoms with Crippen LogP contribution in [0.4, 0.5) is 40.8 Å². The number of carbonyl (C=O) groups excluding carboxylic acids is 4. The third-order valence-corrected chi connectivity index (χ3v) is 9.64. The number of carbonyl (C=O) groups is 4. The standard InChI is InChI=1S/C48H39F8NO12/c1-64-39-23-27(6-20-37(39)66-42(61)30-9-15-33(16-10-30)68-47(53,54)44(49)50)5-19-35(58)36(59)26-46(63,25-29-3-13-32(57)14-4-29)41(60)22-8-28-7-21-38(40(24-28)65-2)67-43(62)31-11-17-34(18-12-31)69-48(55,56)45(51)52/h3-24,36,44-45,59,63H,25-26,57H2,1-2H3/b19-5+,22-8+. The van der Waals surface area contributed by atoms with Crippen molar-refractivity contribution in [3.63, 3.8) is 0 Å². The van der Waals surface area contributed by atoms with E-state index < -0.39 is 78.2 Å². The molecule has 2 atom stereocenters. The van der Waals surface area contributed by atoms with Gasteiger partial charge in [-0.05, 0) is 114 Å². The lowest BCUT2D eigenvalue weighted by Gasteiger charge is -2.27. The van der Waals surface area contributed by atoms with Crippen LogP contribution in [-0.2, 0) is 16.0 Å². The third-order valence-electron chi connectivity index (χ3n) is 9.64. The molecule has 5 rings (SSSR count). The van der Waals surface area contributed by atoms with Gasteiger partial charge in [-0.15, -0.1) is 0 Å². The molecule has 13 nitrogen and oxygen atoms in total. The van der Waals surface area contributed by atoms with Crippen LogP contribution in [0, 0.1) is 0 Å². The zero-order valence-corrected chi connectivity index (χ0v) is 35.9. The van der Waals surface area contributed by atoms with E-state index in [-0.39, 0.29) is 46.1 Å². The maximum atomic E-state index is 13.8. The van der Waals surface area contributed by atoms with Crippen molar-refractivity contribution in [1.29, 1.82) is 0 Å². The summed E-state index contributed by atoms with van der Waals surface area (Å²) in [5.41, 5.74) is 4.46.